The molecule has 2 amide bonds. The van der Waals surface area contributed by atoms with Gasteiger partial charge in [0, 0.05) is 23.1 Å². The smallest absolute Gasteiger partial charge is 0.422 e. The summed E-state index contributed by atoms with van der Waals surface area (Å²) in [4.78, 5) is 16.1. The molecule has 0 fully saturated rings. The van der Waals surface area contributed by atoms with Gasteiger partial charge < -0.3 is 20.1 Å². The van der Waals surface area contributed by atoms with Crippen LogP contribution in [0.3, 0.4) is 0 Å². The Morgan fingerprint density at radius 1 is 0.938 bits per heavy atom. The molecular formula is C22H19F4N3O3. The highest BCUT2D eigenvalue weighted by molar-refractivity contribution is 5.99. The van der Waals surface area contributed by atoms with Gasteiger partial charge in [-0.15, -0.1) is 0 Å². The molecule has 0 spiro atoms. The second-order valence-corrected chi connectivity index (χ2v) is 6.68. The molecule has 2 aromatic carbocycles. The predicted molar refractivity (Wildman–Crippen MR) is 110 cm³/mol. The normalized spacial score (nSPS) is 11.0. The summed E-state index contributed by atoms with van der Waals surface area (Å²) in [6.45, 7) is 0.235. The number of ether oxygens (including phenoxy) is 2. The second kappa shape index (κ2) is 9.99. The van der Waals surface area contributed by atoms with E-state index in [0.717, 1.165) is 0 Å². The third kappa shape index (κ3) is 6.86. The lowest BCUT2D eigenvalue weighted by atomic mass is 10.2. The molecule has 0 unspecified atom stereocenters. The molecule has 168 valence electrons. The molecule has 0 radical (unpaired) electrons. The lowest BCUT2D eigenvalue weighted by Crippen LogP contribution is -2.20. The van der Waals surface area contributed by atoms with Crippen LogP contribution in [-0.2, 0) is 6.61 Å². The van der Waals surface area contributed by atoms with Crippen molar-refractivity contribution < 1.29 is 31.8 Å². The highest BCUT2D eigenvalue weighted by atomic mass is 19.4. The number of nitrogens with zero attached hydrogens (tertiary/aromatic N) is 1. The summed E-state index contributed by atoms with van der Waals surface area (Å²) >= 11 is 0. The number of urea groups is 1. The van der Waals surface area contributed by atoms with Crippen molar-refractivity contribution in [2.24, 2.45) is 0 Å². The summed E-state index contributed by atoms with van der Waals surface area (Å²) in [6, 6.07) is 12.7. The van der Waals surface area contributed by atoms with Crippen LogP contribution in [0.1, 0.15) is 11.3 Å². The molecule has 0 saturated carbocycles. The summed E-state index contributed by atoms with van der Waals surface area (Å²) in [6.07, 6.45) is -3.08. The van der Waals surface area contributed by atoms with E-state index in [1.165, 1.54) is 36.5 Å². The largest absolute Gasteiger partial charge is 0.487 e. The van der Waals surface area contributed by atoms with Gasteiger partial charge >= 0.3 is 12.2 Å². The van der Waals surface area contributed by atoms with Gasteiger partial charge in [-0.3, -0.25) is 4.98 Å². The minimum Gasteiger partial charge on any atom is -0.487 e. The first kappa shape index (κ1) is 22.9. The van der Waals surface area contributed by atoms with Crippen LogP contribution in [0, 0.1) is 12.7 Å². The van der Waals surface area contributed by atoms with Crippen molar-refractivity contribution in [1.82, 2.24) is 4.98 Å². The highest BCUT2D eigenvalue weighted by Crippen LogP contribution is 2.24. The first-order valence-corrected chi connectivity index (χ1v) is 9.40. The number of carbonyl (C=O) groups is 1. The third-order valence-electron chi connectivity index (χ3n) is 4.24. The number of pyridine rings is 1. The average molecular weight is 449 g/mol. The predicted octanol–water partition coefficient (Wildman–Crippen LogP) is 5.69. The minimum absolute atomic E-state index is 0.0207. The number of rotatable bonds is 7. The van der Waals surface area contributed by atoms with Gasteiger partial charge in [0.05, 0.1) is 5.69 Å². The van der Waals surface area contributed by atoms with Gasteiger partial charge in [-0.25, -0.2) is 9.18 Å². The zero-order valence-corrected chi connectivity index (χ0v) is 16.9. The number of alkyl halides is 3. The van der Waals surface area contributed by atoms with Crippen LogP contribution >= 0.6 is 0 Å². The third-order valence-corrected chi connectivity index (χ3v) is 4.24. The van der Waals surface area contributed by atoms with E-state index in [1.54, 1.807) is 31.2 Å². The maximum absolute atomic E-state index is 12.9. The van der Waals surface area contributed by atoms with Crippen molar-refractivity contribution in [3.05, 3.63) is 77.9 Å². The summed E-state index contributed by atoms with van der Waals surface area (Å²) in [5.41, 5.74) is 1.82. The Morgan fingerprint density at radius 3 is 2.12 bits per heavy atom. The van der Waals surface area contributed by atoms with Crippen molar-refractivity contribution >= 4 is 17.4 Å². The van der Waals surface area contributed by atoms with E-state index in [0.29, 0.717) is 28.4 Å². The van der Waals surface area contributed by atoms with Crippen molar-refractivity contribution in [3.63, 3.8) is 0 Å². The van der Waals surface area contributed by atoms with Crippen LogP contribution in [0.5, 0.6) is 11.5 Å². The van der Waals surface area contributed by atoms with Gasteiger partial charge in [-0.1, -0.05) is 0 Å². The molecule has 32 heavy (non-hydrogen) atoms. The van der Waals surface area contributed by atoms with Crippen LogP contribution in [0.2, 0.25) is 0 Å². The number of benzene rings is 2. The fraction of sp³-hybridized carbons (Fsp3) is 0.182. The van der Waals surface area contributed by atoms with E-state index in [-0.39, 0.29) is 12.4 Å². The Kier molecular flexibility index (Phi) is 7.14. The SMILES string of the molecule is Cc1c(OCC(F)(F)F)ccnc1COc1ccc(NC(=O)Nc2ccc(F)cc2)cc1. The van der Waals surface area contributed by atoms with Crippen molar-refractivity contribution in [2.45, 2.75) is 19.7 Å². The molecule has 3 aromatic rings. The number of amides is 2. The fourth-order valence-electron chi connectivity index (χ4n) is 2.63. The van der Waals surface area contributed by atoms with Crippen LogP contribution < -0.4 is 20.1 Å². The molecule has 1 aromatic heterocycles. The highest BCUT2D eigenvalue weighted by Gasteiger charge is 2.28. The Labute approximate surface area is 181 Å². The summed E-state index contributed by atoms with van der Waals surface area (Å²) in [5.74, 6) is 0.150. The Bertz CT molecular complexity index is 1060. The molecule has 0 bridgehead atoms. The van der Waals surface area contributed by atoms with E-state index in [9.17, 15) is 22.4 Å². The van der Waals surface area contributed by atoms with Crippen molar-refractivity contribution in [2.75, 3.05) is 17.2 Å². The summed E-state index contributed by atoms with van der Waals surface area (Å²) < 4.78 is 60.5. The fourth-order valence-corrected chi connectivity index (χ4v) is 2.63. The van der Waals surface area contributed by atoms with Gasteiger partial charge in [-0.05, 0) is 61.5 Å². The standard InChI is InChI=1S/C22H19F4N3O3/c1-14-19(27-11-10-20(14)32-13-22(24,25)26)12-31-18-8-6-17(7-9-18)29-21(30)28-16-4-2-15(23)3-5-16/h2-11H,12-13H2,1H3,(H2,28,29,30). The average Bonchev–Trinajstić information content (AvgIpc) is 2.74. The molecule has 2 N–H and O–H groups in total. The first-order valence-electron chi connectivity index (χ1n) is 9.40. The monoisotopic (exact) mass is 449 g/mol. The Balaban J connectivity index is 1.53. The van der Waals surface area contributed by atoms with Crippen molar-refractivity contribution in [1.29, 1.82) is 0 Å². The van der Waals surface area contributed by atoms with Crippen LogP contribution in [0.15, 0.2) is 60.8 Å². The maximum atomic E-state index is 12.9. The van der Waals surface area contributed by atoms with E-state index in [1.807, 2.05) is 0 Å². The Hall–Kier alpha value is -3.82. The maximum Gasteiger partial charge on any atom is 0.422 e. The first-order chi connectivity index (χ1) is 15.2. The van der Waals surface area contributed by atoms with E-state index in [4.69, 9.17) is 9.47 Å². The number of hydrogen-bond donors (Lipinski definition) is 2. The van der Waals surface area contributed by atoms with Crippen molar-refractivity contribution in [3.8, 4) is 11.5 Å². The topological polar surface area (TPSA) is 72.5 Å². The Morgan fingerprint density at radius 2 is 1.53 bits per heavy atom. The van der Waals surface area contributed by atoms with Gasteiger partial charge in [-0.2, -0.15) is 13.2 Å². The number of hydrogen-bond acceptors (Lipinski definition) is 4. The number of halogens is 4. The number of carbonyl (C=O) groups excluding carboxylic acids is 1. The molecule has 6 nitrogen and oxygen atoms in total. The minimum atomic E-state index is -4.43. The molecular weight excluding hydrogens is 430 g/mol. The van der Waals surface area contributed by atoms with Crippen LogP contribution in [0.25, 0.3) is 0 Å². The molecule has 0 atom stereocenters. The summed E-state index contributed by atoms with van der Waals surface area (Å²) in [5, 5.41) is 5.20. The molecule has 3 rings (SSSR count). The lowest BCUT2D eigenvalue weighted by molar-refractivity contribution is -0.153. The lowest BCUT2D eigenvalue weighted by Gasteiger charge is -2.14. The zero-order valence-electron chi connectivity index (χ0n) is 16.9. The van der Waals surface area contributed by atoms with E-state index in [2.05, 4.69) is 15.6 Å². The zero-order chi connectivity index (χ0) is 23.1. The van der Waals surface area contributed by atoms with E-state index < -0.39 is 24.6 Å². The number of anilines is 2. The van der Waals surface area contributed by atoms with Gasteiger partial charge in [0.25, 0.3) is 0 Å². The molecule has 0 saturated heterocycles. The molecule has 0 aliphatic heterocycles. The van der Waals surface area contributed by atoms with Gasteiger partial charge in [0.1, 0.15) is 23.9 Å². The quantitative estimate of drug-likeness (QED) is 0.455. The van der Waals surface area contributed by atoms with E-state index >= 15 is 0 Å². The molecule has 0 aliphatic carbocycles. The molecule has 0 aliphatic rings. The number of aromatic nitrogens is 1. The van der Waals surface area contributed by atoms with Crippen LogP contribution in [0.4, 0.5) is 33.7 Å². The van der Waals surface area contributed by atoms with Gasteiger partial charge in [0.2, 0.25) is 0 Å². The van der Waals surface area contributed by atoms with Gasteiger partial charge in [0.15, 0.2) is 6.61 Å². The molecule has 10 heteroatoms. The molecule has 1 heterocycles. The van der Waals surface area contributed by atoms with Crippen LogP contribution in [-0.4, -0.2) is 23.8 Å². The number of nitrogens with one attached hydrogen (secondary N) is 2. The second-order valence-electron chi connectivity index (χ2n) is 6.68. The summed E-state index contributed by atoms with van der Waals surface area (Å²) in [7, 11) is 0.